The molecule has 2 amide bonds. The van der Waals surface area contributed by atoms with Crippen LogP contribution in [0.3, 0.4) is 0 Å². The van der Waals surface area contributed by atoms with E-state index in [1.807, 2.05) is 26.0 Å². The number of carbonyl (C=O) groups excluding carboxylic acids is 2. The van der Waals surface area contributed by atoms with Crippen molar-refractivity contribution in [3.63, 3.8) is 0 Å². The van der Waals surface area contributed by atoms with Gasteiger partial charge in [-0.2, -0.15) is 0 Å². The lowest BCUT2D eigenvalue weighted by molar-refractivity contribution is -0.274. The van der Waals surface area contributed by atoms with Gasteiger partial charge in [-0.1, -0.05) is 17.7 Å². The molecule has 0 spiro atoms. The van der Waals surface area contributed by atoms with Crippen molar-refractivity contribution in [3.8, 4) is 5.75 Å². The fourth-order valence-electron chi connectivity index (χ4n) is 3.01. The fourth-order valence-corrected chi connectivity index (χ4v) is 3.01. The van der Waals surface area contributed by atoms with Gasteiger partial charge in [0.2, 0.25) is 5.91 Å². The van der Waals surface area contributed by atoms with Crippen LogP contribution in [0.15, 0.2) is 42.5 Å². The quantitative estimate of drug-likeness (QED) is 0.819. The molecule has 0 aromatic heterocycles. The molecule has 2 aromatic carbocycles. The summed E-state index contributed by atoms with van der Waals surface area (Å²) in [4.78, 5) is 26.2. The van der Waals surface area contributed by atoms with E-state index in [9.17, 15) is 22.8 Å². The first-order chi connectivity index (χ1) is 12.6. The van der Waals surface area contributed by atoms with Crippen molar-refractivity contribution in [2.24, 2.45) is 0 Å². The van der Waals surface area contributed by atoms with Crippen LogP contribution in [0.5, 0.6) is 5.75 Å². The maximum absolute atomic E-state index is 12.7. The molecule has 1 aliphatic heterocycles. The van der Waals surface area contributed by atoms with Gasteiger partial charge >= 0.3 is 6.36 Å². The molecule has 1 saturated heterocycles. The molecule has 0 saturated carbocycles. The SMILES string of the molecule is Cc1ccc(N2C(=O)C[C@@H](Nc3ccc(OC(F)(F)F)cc3)C2=O)c(C)c1. The normalized spacial score (nSPS) is 17.4. The molecule has 8 heteroatoms. The van der Waals surface area contributed by atoms with Gasteiger partial charge in [0, 0.05) is 5.69 Å². The molecule has 0 radical (unpaired) electrons. The number of ether oxygens (including phenoxy) is 1. The Hall–Kier alpha value is -3.03. The first-order valence-electron chi connectivity index (χ1n) is 8.20. The zero-order chi connectivity index (χ0) is 19.8. The molecule has 1 atom stereocenters. The minimum absolute atomic E-state index is 0.0348. The number of halogens is 3. The lowest BCUT2D eigenvalue weighted by atomic mass is 10.1. The second-order valence-electron chi connectivity index (χ2n) is 6.33. The van der Waals surface area contributed by atoms with Crippen LogP contribution in [-0.4, -0.2) is 24.2 Å². The van der Waals surface area contributed by atoms with E-state index in [4.69, 9.17) is 0 Å². The summed E-state index contributed by atoms with van der Waals surface area (Å²) in [7, 11) is 0. The molecule has 5 nitrogen and oxygen atoms in total. The Morgan fingerprint density at radius 2 is 1.74 bits per heavy atom. The average Bonchev–Trinajstić information content (AvgIpc) is 2.83. The Balaban J connectivity index is 1.73. The molecular formula is C19H17F3N2O3. The van der Waals surface area contributed by atoms with E-state index < -0.39 is 18.3 Å². The third kappa shape index (κ3) is 4.21. The van der Waals surface area contributed by atoms with Crippen LogP contribution < -0.4 is 15.0 Å². The van der Waals surface area contributed by atoms with Crippen molar-refractivity contribution >= 4 is 23.2 Å². The van der Waals surface area contributed by atoms with Crippen molar-refractivity contribution in [3.05, 3.63) is 53.6 Å². The zero-order valence-electron chi connectivity index (χ0n) is 14.6. The molecule has 2 aromatic rings. The topological polar surface area (TPSA) is 58.6 Å². The number of amides is 2. The number of nitrogens with zero attached hydrogens (tertiary/aromatic N) is 1. The Morgan fingerprint density at radius 3 is 2.33 bits per heavy atom. The van der Waals surface area contributed by atoms with Gasteiger partial charge in [-0.25, -0.2) is 4.90 Å². The van der Waals surface area contributed by atoms with Crippen molar-refractivity contribution < 1.29 is 27.5 Å². The highest BCUT2D eigenvalue weighted by Crippen LogP contribution is 2.29. The van der Waals surface area contributed by atoms with Crippen LogP contribution in [0.4, 0.5) is 24.5 Å². The number of aryl methyl sites for hydroxylation is 2. The maximum Gasteiger partial charge on any atom is 0.573 e. The third-order valence-corrected chi connectivity index (χ3v) is 4.17. The van der Waals surface area contributed by atoms with Gasteiger partial charge in [0.1, 0.15) is 11.8 Å². The highest BCUT2D eigenvalue weighted by Gasteiger charge is 2.40. The molecule has 1 heterocycles. The number of imide groups is 1. The van der Waals surface area contributed by atoms with Gasteiger partial charge in [-0.05, 0) is 49.7 Å². The largest absolute Gasteiger partial charge is 0.573 e. The monoisotopic (exact) mass is 378 g/mol. The molecule has 1 N–H and O–H groups in total. The van der Waals surface area contributed by atoms with Gasteiger partial charge in [0.05, 0.1) is 12.1 Å². The fraction of sp³-hybridized carbons (Fsp3) is 0.263. The van der Waals surface area contributed by atoms with E-state index in [2.05, 4.69) is 10.1 Å². The summed E-state index contributed by atoms with van der Waals surface area (Å²) in [6, 6.07) is 9.65. The van der Waals surface area contributed by atoms with E-state index in [-0.39, 0.29) is 18.1 Å². The van der Waals surface area contributed by atoms with Crippen LogP contribution in [0, 0.1) is 13.8 Å². The maximum atomic E-state index is 12.7. The number of benzene rings is 2. The first kappa shape index (κ1) is 18.8. The third-order valence-electron chi connectivity index (χ3n) is 4.17. The Bertz CT molecular complexity index is 879. The summed E-state index contributed by atoms with van der Waals surface area (Å²) in [5.74, 6) is -1.09. The standard InChI is InChI=1S/C19H17F3N2O3/c1-11-3-8-16(12(2)9-11)24-17(25)10-15(18(24)26)23-13-4-6-14(7-5-13)27-19(20,21)22/h3-9,15,23H,10H2,1-2H3/t15-/m1/s1. The number of alkyl halides is 3. The zero-order valence-corrected chi connectivity index (χ0v) is 14.6. The van der Waals surface area contributed by atoms with E-state index in [0.717, 1.165) is 28.2 Å². The summed E-state index contributed by atoms with van der Waals surface area (Å²) < 4.78 is 40.4. The summed E-state index contributed by atoms with van der Waals surface area (Å²) in [5.41, 5.74) is 2.78. The molecular weight excluding hydrogens is 361 g/mol. The average molecular weight is 378 g/mol. The Morgan fingerprint density at radius 1 is 1.07 bits per heavy atom. The highest BCUT2D eigenvalue weighted by molar-refractivity contribution is 6.23. The minimum Gasteiger partial charge on any atom is -0.406 e. The summed E-state index contributed by atoms with van der Waals surface area (Å²) in [6.07, 6.45) is -4.80. The van der Waals surface area contributed by atoms with Crippen LogP contribution in [0.2, 0.25) is 0 Å². The van der Waals surface area contributed by atoms with E-state index >= 15 is 0 Å². The smallest absolute Gasteiger partial charge is 0.406 e. The van der Waals surface area contributed by atoms with Gasteiger partial charge in [0.25, 0.3) is 5.91 Å². The molecule has 0 aliphatic carbocycles. The van der Waals surface area contributed by atoms with Gasteiger partial charge in [-0.15, -0.1) is 13.2 Å². The highest BCUT2D eigenvalue weighted by atomic mass is 19.4. The Kier molecular flexibility index (Phi) is 4.82. The van der Waals surface area contributed by atoms with E-state index in [1.165, 1.54) is 12.1 Å². The van der Waals surface area contributed by atoms with E-state index in [0.29, 0.717) is 11.4 Å². The summed E-state index contributed by atoms with van der Waals surface area (Å²) >= 11 is 0. The first-order valence-corrected chi connectivity index (χ1v) is 8.20. The summed E-state index contributed by atoms with van der Waals surface area (Å²) in [6.45, 7) is 3.74. The van der Waals surface area contributed by atoms with Crippen LogP contribution >= 0.6 is 0 Å². The molecule has 27 heavy (non-hydrogen) atoms. The predicted octanol–water partition coefficient (Wildman–Crippen LogP) is 3.95. The van der Waals surface area contributed by atoms with Crippen molar-refractivity contribution in [1.29, 1.82) is 0 Å². The summed E-state index contributed by atoms with van der Waals surface area (Å²) in [5, 5.41) is 2.89. The van der Waals surface area contributed by atoms with Gasteiger partial charge < -0.3 is 10.1 Å². The van der Waals surface area contributed by atoms with Gasteiger partial charge in [-0.3, -0.25) is 9.59 Å². The van der Waals surface area contributed by atoms with Crippen LogP contribution in [0.1, 0.15) is 17.5 Å². The number of rotatable bonds is 4. The number of carbonyl (C=O) groups is 2. The number of anilines is 2. The molecule has 1 fully saturated rings. The Labute approximate surface area is 153 Å². The predicted molar refractivity (Wildman–Crippen MR) is 93.6 cm³/mol. The molecule has 0 bridgehead atoms. The number of nitrogens with one attached hydrogen (secondary N) is 1. The second kappa shape index (κ2) is 6.94. The van der Waals surface area contributed by atoms with Crippen molar-refractivity contribution in [1.82, 2.24) is 0 Å². The molecule has 142 valence electrons. The lowest BCUT2D eigenvalue weighted by Crippen LogP contribution is -2.35. The molecule has 3 rings (SSSR count). The van der Waals surface area contributed by atoms with Crippen LogP contribution in [-0.2, 0) is 9.59 Å². The number of hydrogen-bond acceptors (Lipinski definition) is 4. The molecule has 1 aliphatic rings. The van der Waals surface area contributed by atoms with Gasteiger partial charge in [0.15, 0.2) is 0 Å². The minimum atomic E-state index is -4.77. The lowest BCUT2D eigenvalue weighted by Gasteiger charge is -2.18. The molecule has 0 unspecified atom stereocenters. The van der Waals surface area contributed by atoms with Crippen molar-refractivity contribution in [2.75, 3.05) is 10.2 Å². The van der Waals surface area contributed by atoms with Crippen LogP contribution in [0.25, 0.3) is 0 Å². The van der Waals surface area contributed by atoms with E-state index in [1.54, 1.807) is 6.07 Å². The second-order valence-corrected chi connectivity index (χ2v) is 6.33. The number of hydrogen-bond donors (Lipinski definition) is 1. The van der Waals surface area contributed by atoms with Crippen molar-refractivity contribution in [2.45, 2.75) is 32.7 Å².